The van der Waals surface area contributed by atoms with E-state index in [1.807, 2.05) is 18.2 Å². The van der Waals surface area contributed by atoms with Crippen LogP contribution in [0.5, 0.6) is 0 Å². The molecule has 5 rings (SSSR count). The van der Waals surface area contributed by atoms with Crippen LogP contribution in [0.1, 0.15) is 24.6 Å². The number of carbonyl (C=O) groups is 1. The smallest absolute Gasteiger partial charge is 0.243 e. The molecule has 0 spiro atoms. The van der Waals surface area contributed by atoms with Crippen molar-refractivity contribution in [2.24, 2.45) is 0 Å². The Hall–Kier alpha value is -2.75. The Morgan fingerprint density at radius 1 is 1.06 bits per heavy atom. The molecule has 32 heavy (non-hydrogen) atoms. The van der Waals surface area contributed by atoms with Crippen LogP contribution in [0, 0.1) is 0 Å². The Morgan fingerprint density at radius 2 is 1.84 bits per heavy atom. The van der Waals surface area contributed by atoms with Crippen molar-refractivity contribution in [3.63, 3.8) is 0 Å². The maximum absolute atomic E-state index is 13.0. The first-order valence-electron chi connectivity index (χ1n) is 10.4. The molecule has 10 heteroatoms. The highest BCUT2D eigenvalue weighted by molar-refractivity contribution is 7.89. The summed E-state index contributed by atoms with van der Waals surface area (Å²) in [6.07, 6.45) is 3.27. The molecule has 0 bridgehead atoms. The zero-order valence-corrected chi connectivity index (χ0v) is 18.8. The minimum absolute atomic E-state index is 0.0639. The predicted octanol–water partition coefficient (Wildman–Crippen LogP) is 2.97. The predicted molar refractivity (Wildman–Crippen MR) is 119 cm³/mol. The van der Waals surface area contributed by atoms with E-state index in [4.69, 9.17) is 11.6 Å². The summed E-state index contributed by atoms with van der Waals surface area (Å²) in [5, 5.41) is 8.93. The molecule has 0 atom stereocenters. The van der Waals surface area contributed by atoms with E-state index in [2.05, 4.69) is 10.3 Å². The normalized spacial score (nSPS) is 17.7. The summed E-state index contributed by atoms with van der Waals surface area (Å²) < 4.78 is 29.1. The monoisotopic (exact) mass is 471 g/mol. The highest BCUT2D eigenvalue weighted by Gasteiger charge is 2.38. The van der Waals surface area contributed by atoms with E-state index >= 15 is 0 Å². The first-order chi connectivity index (χ1) is 15.4. The molecule has 2 aliphatic heterocycles. The number of halogens is 1. The van der Waals surface area contributed by atoms with Gasteiger partial charge in [-0.25, -0.2) is 13.1 Å². The zero-order chi connectivity index (χ0) is 22.3. The van der Waals surface area contributed by atoms with Crippen LogP contribution in [-0.2, 0) is 21.4 Å². The summed E-state index contributed by atoms with van der Waals surface area (Å²) in [6, 6.07) is 14.2. The SMILES string of the molecule is O=C1CCCN1Cc1cn(C2CN(S(=O)(=O)c3ccc(-c4cccc(Cl)c4)cc3)C2)nn1. The Labute approximate surface area is 191 Å². The number of hydrogen-bond donors (Lipinski definition) is 0. The Kier molecular flexibility index (Phi) is 5.48. The van der Waals surface area contributed by atoms with Crippen LogP contribution in [0.15, 0.2) is 59.6 Å². The molecule has 2 aromatic carbocycles. The van der Waals surface area contributed by atoms with Gasteiger partial charge in [0.15, 0.2) is 0 Å². The maximum atomic E-state index is 13.0. The minimum atomic E-state index is -3.58. The molecule has 1 aromatic heterocycles. The summed E-state index contributed by atoms with van der Waals surface area (Å²) in [5.74, 6) is 0.141. The first kappa shape index (κ1) is 21.1. The van der Waals surface area contributed by atoms with Gasteiger partial charge in [0.2, 0.25) is 15.9 Å². The van der Waals surface area contributed by atoms with Gasteiger partial charge in [-0.1, -0.05) is 41.1 Å². The number of sulfonamides is 1. The van der Waals surface area contributed by atoms with Gasteiger partial charge >= 0.3 is 0 Å². The number of likely N-dealkylation sites (tertiary alicyclic amines) is 1. The molecule has 0 radical (unpaired) electrons. The van der Waals surface area contributed by atoms with Crippen molar-refractivity contribution in [3.8, 4) is 11.1 Å². The van der Waals surface area contributed by atoms with Crippen LogP contribution in [0.4, 0.5) is 0 Å². The Morgan fingerprint density at radius 3 is 2.53 bits per heavy atom. The third-order valence-corrected chi connectivity index (χ3v) is 8.02. The number of rotatable bonds is 6. The van der Waals surface area contributed by atoms with E-state index in [1.165, 1.54) is 4.31 Å². The fourth-order valence-corrected chi connectivity index (χ4v) is 5.75. The summed E-state index contributed by atoms with van der Waals surface area (Å²) in [7, 11) is -3.58. The fraction of sp³-hybridized carbons (Fsp3) is 0.318. The van der Waals surface area contributed by atoms with E-state index in [0.29, 0.717) is 31.1 Å². The molecule has 8 nitrogen and oxygen atoms in total. The van der Waals surface area contributed by atoms with E-state index in [9.17, 15) is 13.2 Å². The van der Waals surface area contributed by atoms with Gasteiger partial charge in [-0.05, 0) is 41.8 Å². The van der Waals surface area contributed by atoms with Crippen molar-refractivity contribution in [2.45, 2.75) is 30.3 Å². The zero-order valence-electron chi connectivity index (χ0n) is 17.3. The van der Waals surface area contributed by atoms with Crippen molar-refractivity contribution in [3.05, 3.63) is 65.4 Å². The first-order valence-corrected chi connectivity index (χ1v) is 12.3. The second-order valence-electron chi connectivity index (χ2n) is 8.12. The number of carbonyl (C=O) groups excluding carboxylic acids is 1. The third kappa shape index (κ3) is 4.03. The van der Waals surface area contributed by atoms with Gasteiger partial charge in [-0.2, -0.15) is 4.31 Å². The molecule has 166 valence electrons. The van der Waals surface area contributed by atoms with E-state index < -0.39 is 10.0 Å². The fourth-order valence-electron chi connectivity index (χ4n) is 4.05. The Balaban J connectivity index is 1.23. The number of nitrogens with zero attached hydrogens (tertiary/aromatic N) is 5. The average molecular weight is 472 g/mol. The average Bonchev–Trinajstić information content (AvgIpc) is 3.36. The van der Waals surface area contributed by atoms with Crippen LogP contribution in [0.3, 0.4) is 0 Å². The Bertz CT molecular complexity index is 1250. The van der Waals surface area contributed by atoms with E-state index in [1.54, 1.807) is 46.1 Å². The second-order valence-corrected chi connectivity index (χ2v) is 10.5. The van der Waals surface area contributed by atoms with Crippen molar-refractivity contribution in [1.82, 2.24) is 24.2 Å². The minimum Gasteiger partial charge on any atom is -0.337 e. The van der Waals surface area contributed by atoms with Crippen LogP contribution in [-0.4, -0.2) is 58.2 Å². The lowest BCUT2D eigenvalue weighted by Gasteiger charge is -2.37. The van der Waals surface area contributed by atoms with Gasteiger partial charge in [0.1, 0.15) is 5.69 Å². The van der Waals surface area contributed by atoms with Crippen molar-refractivity contribution >= 4 is 27.5 Å². The van der Waals surface area contributed by atoms with E-state index in [-0.39, 0.29) is 16.8 Å². The lowest BCUT2D eigenvalue weighted by Crippen LogP contribution is -2.50. The summed E-state index contributed by atoms with van der Waals surface area (Å²) in [6.45, 7) is 1.87. The van der Waals surface area contributed by atoms with E-state index in [0.717, 1.165) is 29.8 Å². The maximum Gasteiger partial charge on any atom is 0.243 e. The van der Waals surface area contributed by atoms with Crippen molar-refractivity contribution in [1.29, 1.82) is 0 Å². The van der Waals surface area contributed by atoms with Crippen LogP contribution in [0.25, 0.3) is 11.1 Å². The summed E-state index contributed by atoms with van der Waals surface area (Å²) in [4.78, 5) is 13.8. The molecular formula is C22H22ClN5O3S. The number of amides is 1. The quantitative estimate of drug-likeness (QED) is 0.551. The highest BCUT2D eigenvalue weighted by atomic mass is 35.5. The second kappa shape index (κ2) is 8.31. The number of aromatic nitrogens is 3. The molecule has 1 amide bonds. The molecular weight excluding hydrogens is 450 g/mol. The summed E-state index contributed by atoms with van der Waals surface area (Å²) >= 11 is 6.05. The lowest BCUT2D eigenvalue weighted by atomic mass is 10.1. The molecule has 2 fully saturated rings. The summed E-state index contributed by atoms with van der Waals surface area (Å²) in [5.41, 5.74) is 2.56. The van der Waals surface area contributed by atoms with Gasteiger partial charge in [0.25, 0.3) is 0 Å². The lowest BCUT2D eigenvalue weighted by molar-refractivity contribution is -0.128. The van der Waals surface area contributed by atoms with Gasteiger partial charge in [0, 0.05) is 31.1 Å². The molecule has 2 saturated heterocycles. The molecule has 0 saturated carbocycles. The highest BCUT2D eigenvalue weighted by Crippen LogP contribution is 2.30. The number of hydrogen-bond acceptors (Lipinski definition) is 5. The van der Waals surface area contributed by atoms with Gasteiger partial charge in [0.05, 0.1) is 23.7 Å². The van der Waals surface area contributed by atoms with Gasteiger partial charge < -0.3 is 4.90 Å². The van der Waals surface area contributed by atoms with Crippen LogP contribution in [0.2, 0.25) is 5.02 Å². The molecule has 2 aliphatic rings. The van der Waals surface area contributed by atoms with Crippen LogP contribution >= 0.6 is 11.6 Å². The van der Waals surface area contributed by atoms with Crippen molar-refractivity contribution in [2.75, 3.05) is 19.6 Å². The molecule has 0 N–H and O–H groups in total. The number of benzene rings is 2. The van der Waals surface area contributed by atoms with Gasteiger partial charge in [-0.3, -0.25) is 4.79 Å². The third-order valence-electron chi connectivity index (χ3n) is 5.93. The molecule has 0 unspecified atom stereocenters. The molecule has 0 aliphatic carbocycles. The largest absolute Gasteiger partial charge is 0.337 e. The van der Waals surface area contributed by atoms with Crippen molar-refractivity contribution < 1.29 is 13.2 Å². The van der Waals surface area contributed by atoms with Crippen LogP contribution < -0.4 is 0 Å². The van der Waals surface area contributed by atoms with Gasteiger partial charge in [-0.15, -0.1) is 5.10 Å². The standard InChI is InChI=1S/C22H22ClN5O3S/c23-18-4-1-3-17(11-18)16-6-8-21(9-7-16)32(30,31)27-14-20(15-27)28-13-19(24-25-28)12-26-10-2-5-22(26)29/h1,3-4,6-9,11,13,20H,2,5,10,12,14-15H2. The topological polar surface area (TPSA) is 88.4 Å². The molecule has 3 aromatic rings. The molecule has 3 heterocycles.